The molecule has 2 rings (SSSR count). The van der Waals surface area contributed by atoms with Crippen LogP contribution in [0.2, 0.25) is 0 Å². The zero-order valence-electron chi connectivity index (χ0n) is 10.8. The first-order valence-corrected chi connectivity index (χ1v) is 5.81. The van der Waals surface area contributed by atoms with E-state index in [1.807, 2.05) is 12.1 Å². The fourth-order valence-electron chi connectivity index (χ4n) is 1.85. The Kier molecular flexibility index (Phi) is 2.88. The van der Waals surface area contributed by atoms with Crippen LogP contribution in [0.4, 0.5) is 5.88 Å². The summed E-state index contributed by atoms with van der Waals surface area (Å²) in [5, 5.41) is 9.04. The van der Waals surface area contributed by atoms with E-state index in [4.69, 9.17) is 15.4 Å². The largest absolute Gasteiger partial charge is 0.447 e. The maximum atomic E-state index is 9.04. The molecule has 0 spiro atoms. The summed E-state index contributed by atoms with van der Waals surface area (Å²) in [7, 11) is 0. The zero-order chi connectivity index (χ0) is 13.3. The van der Waals surface area contributed by atoms with Crippen molar-refractivity contribution in [2.75, 3.05) is 5.73 Å². The Morgan fingerprint density at radius 1 is 1.17 bits per heavy atom. The van der Waals surface area contributed by atoms with Crippen molar-refractivity contribution in [2.45, 2.75) is 26.2 Å². The zero-order valence-corrected chi connectivity index (χ0v) is 10.8. The summed E-state index contributed by atoms with van der Waals surface area (Å²) >= 11 is 0. The Morgan fingerprint density at radius 2 is 1.78 bits per heavy atom. The monoisotopic (exact) mass is 240 g/mol. The fraction of sp³-hybridized carbons (Fsp3) is 0.267. The molecular weight excluding hydrogens is 224 g/mol. The predicted molar refractivity (Wildman–Crippen MR) is 72.0 cm³/mol. The molecule has 0 saturated carbocycles. The second kappa shape index (κ2) is 4.23. The van der Waals surface area contributed by atoms with Crippen LogP contribution < -0.4 is 5.73 Å². The topological polar surface area (TPSA) is 62.9 Å². The molecule has 0 bridgehead atoms. The minimum atomic E-state index is 0.117. The van der Waals surface area contributed by atoms with Gasteiger partial charge in [-0.3, -0.25) is 0 Å². The van der Waals surface area contributed by atoms with Crippen molar-refractivity contribution in [3.63, 3.8) is 0 Å². The first-order valence-electron chi connectivity index (χ1n) is 5.81. The van der Waals surface area contributed by atoms with Crippen molar-refractivity contribution in [3.8, 4) is 17.2 Å². The van der Waals surface area contributed by atoms with Crippen molar-refractivity contribution >= 4 is 5.88 Å². The van der Waals surface area contributed by atoms with Crippen LogP contribution in [0.5, 0.6) is 0 Å². The number of rotatable bonds is 1. The summed E-state index contributed by atoms with van der Waals surface area (Å²) in [6.45, 7) is 6.50. The number of furan rings is 1. The van der Waals surface area contributed by atoms with E-state index in [2.05, 4.69) is 39.0 Å². The van der Waals surface area contributed by atoms with Crippen LogP contribution in [-0.2, 0) is 5.41 Å². The van der Waals surface area contributed by atoms with Gasteiger partial charge in [-0.2, -0.15) is 5.26 Å². The van der Waals surface area contributed by atoms with Gasteiger partial charge in [-0.05, 0) is 16.5 Å². The SMILES string of the molecule is CC(C)(C)c1ccc(-c2coc(N)c2C#N)cc1. The Balaban J connectivity index is 2.45. The normalized spacial score (nSPS) is 11.2. The number of nitrogen functional groups attached to an aromatic ring is 1. The summed E-state index contributed by atoms with van der Waals surface area (Å²) in [5.41, 5.74) is 9.06. The fourth-order valence-corrected chi connectivity index (χ4v) is 1.85. The van der Waals surface area contributed by atoms with Gasteiger partial charge in [-0.15, -0.1) is 0 Å². The second-order valence-corrected chi connectivity index (χ2v) is 5.33. The van der Waals surface area contributed by atoms with E-state index >= 15 is 0 Å². The molecule has 0 aliphatic carbocycles. The lowest BCUT2D eigenvalue weighted by Crippen LogP contribution is -2.10. The lowest BCUT2D eigenvalue weighted by atomic mass is 9.86. The van der Waals surface area contributed by atoms with E-state index < -0.39 is 0 Å². The molecule has 92 valence electrons. The minimum Gasteiger partial charge on any atom is -0.447 e. The average Bonchev–Trinajstić information content (AvgIpc) is 2.69. The van der Waals surface area contributed by atoms with E-state index in [-0.39, 0.29) is 11.3 Å². The third-order valence-corrected chi connectivity index (χ3v) is 2.99. The van der Waals surface area contributed by atoms with E-state index in [1.54, 1.807) is 0 Å². The number of hydrogen-bond acceptors (Lipinski definition) is 3. The Hall–Kier alpha value is -2.21. The molecule has 3 nitrogen and oxygen atoms in total. The van der Waals surface area contributed by atoms with Crippen LogP contribution in [0.1, 0.15) is 31.9 Å². The van der Waals surface area contributed by atoms with Gasteiger partial charge in [-0.1, -0.05) is 45.0 Å². The van der Waals surface area contributed by atoms with E-state index in [0.29, 0.717) is 5.56 Å². The number of anilines is 1. The lowest BCUT2D eigenvalue weighted by Gasteiger charge is -2.19. The summed E-state index contributed by atoms with van der Waals surface area (Å²) in [6, 6.07) is 10.2. The minimum absolute atomic E-state index is 0.117. The molecule has 3 heteroatoms. The standard InChI is InChI=1S/C15H16N2O/c1-15(2,3)11-6-4-10(5-7-11)13-9-18-14(17)12(13)8-16/h4-7,9H,17H2,1-3H3. The van der Waals surface area contributed by atoms with Crippen molar-refractivity contribution in [1.82, 2.24) is 0 Å². The highest BCUT2D eigenvalue weighted by Crippen LogP contribution is 2.31. The second-order valence-electron chi connectivity index (χ2n) is 5.33. The molecule has 0 aliphatic heterocycles. The van der Waals surface area contributed by atoms with Crippen molar-refractivity contribution in [3.05, 3.63) is 41.7 Å². The molecule has 2 N–H and O–H groups in total. The molecule has 0 radical (unpaired) electrons. The van der Waals surface area contributed by atoms with Crippen LogP contribution in [0.25, 0.3) is 11.1 Å². The molecule has 0 unspecified atom stereocenters. The Morgan fingerprint density at radius 3 is 2.28 bits per heavy atom. The van der Waals surface area contributed by atoms with Gasteiger partial charge in [0.15, 0.2) is 0 Å². The highest BCUT2D eigenvalue weighted by molar-refractivity contribution is 5.74. The first kappa shape index (κ1) is 12.3. The molecule has 1 heterocycles. The molecule has 18 heavy (non-hydrogen) atoms. The van der Waals surface area contributed by atoms with Crippen LogP contribution in [0.15, 0.2) is 34.9 Å². The Bertz CT molecular complexity index is 595. The first-order chi connectivity index (χ1) is 8.43. The van der Waals surface area contributed by atoms with E-state index in [1.165, 1.54) is 11.8 Å². The van der Waals surface area contributed by atoms with Gasteiger partial charge in [0.2, 0.25) is 5.88 Å². The molecular formula is C15H16N2O. The molecule has 0 atom stereocenters. The molecule has 1 aromatic heterocycles. The highest BCUT2D eigenvalue weighted by Gasteiger charge is 2.15. The molecule has 0 aliphatic rings. The highest BCUT2D eigenvalue weighted by atomic mass is 16.3. The number of benzene rings is 1. The molecule has 0 saturated heterocycles. The average molecular weight is 240 g/mol. The summed E-state index contributed by atoms with van der Waals surface area (Å²) < 4.78 is 5.09. The maximum Gasteiger partial charge on any atom is 0.208 e. The van der Waals surface area contributed by atoms with Gasteiger partial charge in [-0.25, -0.2) is 0 Å². The predicted octanol–water partition coefficient (Wildman–Crippen LogP) is 3.70. The van der Waals surface area contributed by atoms with Crippen molar-refractivity contribution in [2.24, 2.45) is 0 Å². The molecule has 0 amide bonds. The van der Waals surface area contributed by atoms with Crippen LogP contribution in [0.3, 0.4) is 0 Å². The third kappa shape index (κ3) is 2.10. The smallest absolute Gasteiger partial charge is 0.208 e. The van der Waals surface area contributed by atoms with Crippen LogP contribution >= 0.6 is 0 Å². The number of nitrogens with zero attached hydrogens (tertiary/aromatic N) is 1. The van der Waals surface area contributed by atoms with Crippen LogP contribution in [-0.4, -0.2) is 0 Å². The number of nitriles is 1. The molecule has 0 fully saturated rings. The molecule has 1 aromatic carbocycles. The van der Waals surface area contributed by atoms with Gasteiger partial charge in [0.1, 0.15) is 17.9 Å². The van der Waals surface area contributed by atoms with Gasteiger partial charge in [0, 0.05) is 5.56 Å². The third-order valence-electron chi connectivity index (χ3n) is 2.99. The molecule has 2 aromatic rings. The Labute approximate surface area is 107 Å². The van der Waals surface area contributed by atoms with E-state index in [9.17, 15) is 0 Å². The summed E-state index contributed by atoms with van der Waals surface area (Å²) in [6.07, 6.45) is 1.53. The number of hydrogen-bond donors (Lipinski definition) is 1. The van der Waals surface area contributed by atoms with Gasteiger partial charge in [0.25, 0.3) is 0 Å². The quantitative estimate of drug-likeness (QED) is 0.826. The van der Waals surface area contributed by atoms with Gasteiger partial charge < -0.3 is 10.2 Å². The van der Waals surface area contributed by atoms with Gasteiger partial charge in [0.05, 0.1) is 0 Å². The van der Waals surface area contributed by atoms with Crippen molar-refractivity contribution < 1.29 is 4.42 Å². The van der Waals surface area contributed by atoms with Crippen LogP contribution in [0, 0.1) is 11.3 Å². The maximum absolute atomic E-state index is 9.04. The summed E-state index contributed by atoms with van der Waals surface area (Å²) in [4.78, 5) is 0. The van der Waals surface area contributed by atoms with E-state index in [0.717, 1.165) is 11.1 Å². The lowest BCUT2D eigenvalue weighted by molar-refractivity contribution is 0.588. The summed E-state index contributed by atoms with van der Waals surface area (Å²) in [5.74, 6) is 0.174. The van der Waals surface area contributed by atoms with Gasteiger partial charge >= 0.3 is 0 Å². The van der Waals surface area contributed by atoms with Crippen molar-refractivity contribution in [1.29, 1.82) is 5.26 Å². The number of nitrogens with two attached hydrogens (primary N) is 1.